The molecule has 0 radical (unpaired) electrons. The molecule has 0 aliphatic rings. The molecular formula is C22H29N5O2. The molecule has 7 heteroatoms. The Morgan fingerprint density at radius 2 is 1.93 bits per heavy atom. The van der Waals surface area contributed by atoms with Crippen molar-refractivity contribution in [1.29, 1.82) is 0 Å². The van der Waals surface area contributed by atoms with Gasteiger partial charge in [-0.3, -0.25) is 4.79 Å². The molecule has 0 saturated heterocycles. The molecule has 2 aromatic heterocycles. The van der Waals surface area contributed by atoms with Gasteiger partial charge >= 0.3 is 0 Å². The molecule has 29 heavy (non-hydrogen) atoms. The van der Waals surface area contributed by atoms with Crippen molar-refractivity contribution >= 4 is 5.91 Å². The first-order valence-corrected chi connectivity index (χ1v) is 9.83. The summed E-state index contributed by atoms with van der Waals surface area (Å²) in [6.45, 7) is 13.0. The molecule has 1 aromatic carbocycles. The van der Waals surface area contributed by atoms with Gasteiger partial charge in [-0.15, -0.1) is 10.2 Å². The molecular weight excluding hydrogens is 366 g/mol. The molecule has 0 fully saturated rings. The van der Waals surface area contributed by atoms with E-state index >= 15 is 0 Å². The highest BCUT2D eigenvalue weighted by Gasteiger charge is 2.24. The van der Waals surface area contributed by atoms with Crippen LogP contribution in [0, 0.1) is 12.8 Å². The van der Waals surface area contributed by atoms with E-state index in [4.69, 9.17) is 9.52 Å². The highest BCUT2D eigenvalue weighted by atomic mass is 16.4. The first kappa shape index (κ1) is 20.8. The summed E-state index contributed by atoms with van der Waals surface area (Å²) in [4.78, 5) is 14.6. The van der Waals surface area contributed by atoms with Gasteiger partial charge in [-0.05, 0) is 30.2 Å². The molecule has 7 nitrogen and oxygen atoms in total. The van der Waals surface area contributed by atoms with E-state index in [0.717, 1.165) is 11.4 Å². The van der Waals surface area contributed by atoms with Crippen LogP contribution in [0.15, 0.2) is 34.7 Å². The lowest BCUT2D eigenvalue weighted by Crippen LogP contribution is -2.30. The summed E-state index contributed by atoms with van der Waals surface area (Å²) >= 11 is 0. The fourth-order valence-electron chi connectivity index (χ4n) is 3.24. The molecule has 0 spiro atoms. The fourth-order valence-corrected chi connectivity index (χ4v) is 3.24. The van der Waals surface area contributed by atoms with Crippen LogP contribution >= 0.6 is 0 Å². The van der Waals surface area contributed by atoms with Crippen LogP contribution in [0.25, 0.3) is 17.3 Å². The van der Waals surface area contributed by atoms with Crippen molar-refractivity contribution in [2.45, 2.75) is 47.0 Å². The van der Waals surface area contributed by atoms with Gasteiger partial charge in [0.15, 0.2) is 0 Å². The monoisotopic (exact) mass is 395 g/mol. The molecule has 3 aromatic rings. The Morgan fingerprint density at radius 1 is 1.21 bits per heavy atom. The largest absolute Gasteiger partial charge is 0.420 e. The molecule has 0 N–H and O–H groups in total. The van der Waals surface area contributed by atoms with Crippen molar-refractivity contribution in [2.24, 2.45) is 5.92 Å². The van der Waals surface area contributed by atoms with Gasteiger partial charge in [0.05, 0.1) is 11.4 Å². The Labute approximate surface area is 171 Å². The molecule has 0 atom stereocenters. The standard InChI is InChI=1S/C22H29N5O2/c1-14(2)13-26(7)21(28)16-9-8-10-17(11-16)27-19(22(4,5)6)12-18(25-27)20-24-23-15(3)29-20/h8-12,14H,13H2,1-7H3. The Kier molecular flexibility index (Phi) is 5.59. The maximum Gasteiger partial charge on any atom is 0.268 e. The van der Waals surface area contributed by atoms with E-state index in [2.05, 4.69) is 44.8 Å². The third kappa shape index (κ3) is 4.55. The summed E-state index contributed by atoms with van der Waals surface area (Å²) < 4.78 is 7.41. The van der Waals surface area contributed by atoms with Crippen LogP contribution < -0.4 is 0 Å². The summed E-state index contributed by atoms with van der Waals surface area (Å²) in [5.74, 6) is 1.28. The number of hydrogen-bond donors (Lipinski definition) is 0. The quantitative estimate of drug-likeness (QED) is 0.645. The number of aromatic nitrogens is 4. The SMILES string of the molecule is Cc1nnc(-c2cc(C(C)(C)C)n(-c3cccc(C(=O)N(C)CC(C)C)c3)n2)o1. The molecule has 0 aliphatic heterocycles. The normalized spacial score (nSPS) is 11.9. The first-order chi connectivity index (χ1) is 13.6. The zero-order chi connectivity index (χ0) is 21.3. The van der Waals surface area contributed by atoms with Gasteiger partial charge < -0.3 is 9.32 Å². The minimum absolute atomic E-state index is 0.00207. The number of carbonyl (C=O) groups excluding carboxylic acids is 1. The average molecular weight is 396 g/mol. The van der Waals surface area contributed by atoms with E-state index in [-0.39, 0.29) is 11.3 Å². The van der Waals surface area contributed by atoms with E-state index in [9.17, 15) is 4.79 Å². The smallest absolute Gasteiger partial charge is 0.268 e. The number of rotatable bonds is 5. The van der Waals surface area contributed by atoms with E-state index in [0.29, 0.717) is 35.5 Å². The van der Waals surface area contributed by atoms with Crippen molar-refractivity contribution in [1.82, 2.24) is 24.9 Å². The summed E-state index contributed by atoms with van der Waals surface area (Å²) in [5.41, 5.74) is 2.89. The van der Waals surface area contributed by atoms with Crippen LogP contribution in [0.2, 0.25) is 0 Å². The third-order valence-electron chi connectivity index (χ3n) is 4.55. The van der Waals surface area contributed by atoms with E-state index < -0.39 is 0 Å². The van der Waals surface area contributed by atoms with Crippen LogP contribution in [-0.2, 0) is 5.41 Å². The van der Waals surface area contributed by atoms with Crippen molar-refractivity contribution < 1.29 is 9.21 Å². The lowest BCUT2D eigenvalue weighted by atomic mass is 9.91. The lowest BCUT2D eigenvalue weighted by molar-refractivity contribution is 0.0779. The number of hydrogen-bond acceptors (Lipinski definition) is 5. The molecule has 3 rings (SSSR count). The van der Waals surface area contributed by atoms with Crippen molar-refractivity contribution in [3.05, 3.63) is 47.5 Å². The predicted octanol–water partition coefficient (Wildman–Crippen LogP) is 4.26. The second-order valence-electron chi connectivity index (χ2n) is 8.83. The number of aryl methyl sites for hydroxylation is 1. The highest BCUT2D eigenvalue weighted by Crippen LogP contribution is 2.29. The minimum Gasteiger partial charge on any atom is -0.420 e. The average Bonchev–Trinajstić information content (AvgIpc) is 3.26. The Balaban J connectivity index is 2.04. The summed E-state index contributed by atoms with van der Waals surface area (Å²) in [6, 6.07) is 9.52. The van der Waals surface area contributed by atoms with Gasteiger partial charge in [-0.1, -0.05) is 40.7 Å². The van der Waals surface area contributed by atoms with Gasteiger partial charge in [0.25, 0.3) is 11.8 Å². The zero-order valence-corrected chi connectivity index (χ0v) is 18.2. The molecule has 0 bridgehead atoms. The van der Waals surface area contributed by atoms with Crippen LogP contribution in [0.3, 0.4) is 0 Å². The van der Waals surface area contributed by atoms with Gasteiger partial charge in [0.1, 0.15) is 5.69 Å². The number of nitrogens with zero attached hydrogens (tertiary/aromatic N) is 5. The van der Waals surface area contributed by atoms with Crippen molar-refractivity contribution in [3.63, 3.8) is 0 Å². The van der Waals surface area contributed by atoms with Crippen molar-refractivity contribution in [2.75, 3.05) is 13.6 Å². The van der Waals surface area contributed by atoms with E-state index in [1.165, 1.54) is 0 Å². The van der Waals surface area contributed by atoms with Crippen molar-refractivity contribution in [3.8, 4) is 17.3 Å². The molecule has 0 aliphatic carbocycles. The molecule has 1 amide bonds. The van der Waals surface area contributed by atoms with Crippen LogP contribution in [0.4, 0.5) is 0 Å². The maximum atomic E-state index is 12.8. The van der Waals surface area contributed by atoms with E-state index in [1.807, 2.05) is 42.1 Å². The van der Waals surface area contributed by atoms with Gasteiger partial charge in [-0.2, -0.15) is 5.10 Å². The Bertz CT molecular complexity index is 1010. The third-order valence-corrected chi connectivity index (χ3v) is 4.55. The zero-order valence-electron chi connectivity index (χ0n) is 18.2. The van der Waals surface area contributed by atoms with Gasteiger partial charge in [-0.25, -0.2) is 4.68 Å². The Morgan fingerprint density at radius 3 is 2.52 bits per heavy atom. The topological polar surface area (TPSA) is 77.1 Å². The number of carbonyl (C=O) groups is 1. The Hall–Kier alpha value is -2.96. The van der Waals surface area contributed by atoms with Crippen LogP contribution in [0.5, 0.6) is 0 Å². The molecule has 2 heterocycles. The summed E-state index contributed by atoms with van der Waals surface area (Å²) in [6.07, 6.45) is 0. The summed E-state index contributed by atoms with van der Waals surface area (Å²) in [7, 11) is 1.83. The van der Waals surface area contributed by atoms with Crippen LogP contribution in [-0.4, -0.2) is 44.4 Å². The molecule has 0 unspecified atom stereocenters. The second kappa shape index (κ2) is 7.81. The van der Waals surface area contributed by atoms with E-state index in [1.54, 1.807) is 11.8 Å². The second-order valence-corrected chi connectivity index (χ2v) is 8.83. The number of benzene rings is 1. The van der Waals surface area contributed by atoms with Gasteiger partial charge in [0.2, 0.25) is 5.89 Å². The lowest BCUT2D eigenvalue weighted by Gasteiger charge is -2.21. The summed E-state index contributed by atoms with van der Waals surface area (Å²) in [5, 5.41) is 12.7. The maximum absolute atomic E-state index is 12.8. The first-order valence-electron chi connectivity index (χ1n) is 9.83. The van der Waals surface area contributed by atoms with Crippen LogP contribution in [0.1, 0.15) is 56.6 Å². The highest BCUT2D eigenvalue weighted by molar-refractivity contribution is 5.94. The predicted molar refractivity (Wildman–Crippen MR) is 112 cm³/mol. The number of amides is 1. The fraction of sp³-hybridized carbons (Fsp3) is 0.455. The molecule has 0 saturated carbocycles. The minimum atomic E-state index is -0.172. The van der Waals surface area contributed by atoms with Gasteiger partial charge in [0, 0.05) is 31.5 Å². The molecule has 154 valence electrons.